The quantitative estimate of drug-likeness (QED) is 0.542. The standard InChI is InChI=1S/C23H21ClN4O2/c1-13-20(12-18-17-11-15(24)6-7-19(17)28-22(18)29)27-14(2)21(13)23(30)26-10-8-16-5-3-4-9-25-16/h3-7,9,11-12,27H,8,10H2,1-2H3,(H,26,30)(H,28,29)/b18-12-. The van der Waals surface area contributed by atoms with E-state index in [2.05, 4.69) is 20.6 Å². The number of carbonyl (C=O) groups is 2. The maximum absolute atomic E-state index is 12.8. The van der Waals surface area contributed by atoms with Crippen molar-refractivity contribution in [1.82, 2.24) is 15.3 Å². The molecule has 1 aliphatic rings. The van der Waals surface area contributed by atoms with Gasteiger partial charge in [0.1, 0.15) is 0 Å². The van der Waals surface area contributed by atoms with E-state index in [-0.39, 0.29) is 11.8 Å². The predicted molar refractivity (Wildman–Crippen MR) is 118 cm³/mol. The Kier molecular flexibility index (Phi) is 5.42. The first-order valence-electron chi connectivity index (χ1n) is 9.64. The van der Waals surface area contributed by atoms with E-state index >= 15 is 0 Å². The molecule has 0 atom stereocenters. The Hall–Kier alpha value is -3.38. The molecule has 3 N–H and O–H groups in total. The van der Waals surface area contributed by atoms with Crippen LogP contribution in [0.5, 0.6) is 0 Å². The minimum atomic E-state index is -0.194. The highest BCUT2D eigenvalue weighted by molar-refractivity contribution is 6.36. The Labute approximate surface area is 179 Å². The van der Waals surface area contributed by atoms with E-state index < -0.39 is 0 Å². The number of halogens is 1. The molecule has 0 spiro atoms. The number of anilines is 1. The van der Waals surface area contributed by atoms with Crippen LogP contribution in [0.3, 0.4) is 0 Å². The van der Waals surface area contributed by atoms with Crippen molar-refractivity contribution in [1.29, 1.82) is 0 Å². The Bertz CT molecular complexity index is 1170. The molecule has 0 saturated heterocycles. The second-order valence-electron chi connectivity index (χ2n) is 7.19. The topological polar surface area (TPSA) is 86.9 Å². The molecule has 0 bridgehead atoms. The van der Waals surface area contributed by atoms with Gasteiger partial charge in [0.05, 0.1) is 11.1 Å². The summed E-state index contributed by atoms with van der Waals surface area (Å²) in [7, 11) is 0. The Morgan fingerprint density at radius 2 is 2.07 bits per heavy atom. The first-order valence-corrected chi connectivity index (χ1v) is 10.0. The normalized spacial score (nSPS) is 14.0. The zero-order chi connectivity index (χ0) is 21.3. The van der Waals surface area contributed by atoms with Crippen LogP contribution in [0.25, 0.3) is 11.6 Å². The largest absolute Gasteiger partial charge is 0.358 e. The zero-order valence-corrected chi connectivity index (χ0v) is 17.4. The van der Waals surface area contributed by atoms with Gasteiger partial charge in [-0.3, -0.25) is 14.6 Å². The molecule has 4 rings (SSSR count). The molecule has 6 nitrogen and oxygen atoms in total. The fourth-order valence-electron chi connectivity index (χ4n) is 3.65. The highest BCUT2D eigenvalue weighted by Gasteiger charge is 2.25. The summed E-state index contributed by atoms with van der Waals surface area (Å²) in [6.07, 6.45) is 4.16. The number of rotatable bonds is 5. The lowest BCUT2D eigenvalue weighted by molar-refractivity contribution is -0.110. The highest BCUT2D eigenvalue weighted by atomic mass is 35.5. The van der Waals surface area contributed by atoms with Crippen LogP contribution >= 0.6 is 11.6 Å². The van der Waals surface area contributed by atoms with Crippen LogP contribution in [-0.4, -0.2) is 28.3 Å². The lowest BCUT2D eigenvalue weighted by atomic mass is 10.0. The van der Waals surface area contributed by atoms with Crippen LogP contribution < -0.4 is 10.6 Å². The van der Waals surface area contributed by atoms with Crippen molar-refractivity contribution in [2.75, 3.05) is 11.9 Å². The molecular weight excluding hydrogens is 400 g/mol. The number of hydrogen-bond donors (Lipinski definition) is 3. The van der Waals surface area contributed by atoms with Crippen LogP contribution in [0.4, 0.5) is 5.69 Å². The maximum Gasteiger partial charge on any atom is 0.256 e. The maximum atomic E-state index is 12.8. The lowest BCUT2D eigenvalue weighted by Crippen LogP contribution is -2.26. The van der Waals surface area contributed by atoms with Crippen LogP contribution in [0.1, 0.15) is 38.6 Å². The van der Waals surface area contributed by atoms with Crippen molar-refractivity contribution < 1.29 is 9.59 Å². The van der Waals surface area contributed by atoms with Crippen LogP contribution in [0, 0.1) is 13.8 Å². The third-order valence-corrected chi connectivity index (χ3v) is 5.38. The van der Waals surface area contributed by atoms with Crippen LogP contribution in [0.15, 0.2) is 42.6 Å². The summed E-state index contributed by atoms with van der Waals surface area (Å²) in [5, 5.41) is 6.35. The van der Waals surface area contributed by atoms with Gasteiger partial charge in [0.15, 0.2) is 0 Å². The van der Waals surface area contributed by atoms with E-state index in [1.807, 2.05) is 32.0 Å². The van der Waals surface area contributed by atoms with E-state index in [0.29, 0.717) is 29.1 Å². The Morgan fingerprint density at radius 1 is 1.23 bits per heavy atom. The molecule has 2 amide bonds. The van der Waals surface area contributed by atoms with E-state index in [1.54, 1.807) is 30.5 Å². The summed E-state index contributed by atoms with van der Waals surface area (Å²) in [5.41, 5.74) is 5.77. The number of benzene rings is 1. The van der Waals surface area contributed by atoms with Crippen LogP contribution in [0.2, 0.25) is 5.02 Å². The highest BCUT2D eigenvalue weighted by Crippen LogP contribution is 2.35. The molecule has 0 radical (unpaired) electrons. The molecule has 3 heterocycles. The number of fused-ring (bicyclic) bond motifs is 1. The van der Waals surface area contributed by atoms with E-state index in [9.17, 15) is 9.59 Å². The van der Waals surface area contributed by atoms with Gasteiger partial charge in [0, 0.05) is 52.5 Å². The van der Waals surface area contributed by atoms with Crippen LogP contribution in [-0.2, 0) is 11.2 Å². The van der Waals surface area contributed by atoms with E-state index in [0.717, 1.165) is 33.9 Å². The van der Waals surface area contributed by atoms with Crippen molar-refractivity contribution in [2.45, 2.75) is 20.3 Å². The van der Waals surface area contributed by atoms with E-state index in [4.69, 9.17) is 11.6 Å². The number of nitrogens with zero attached hydrogens (tertiary/aromatic N) is 1. The molecule has 0 unspecified atom stereocenters. The summed E-state index contributed by atoms with van der Waals surface area (Å²) in [6.45, 7) is 4.21. The molecule has 0 aliphatic carbocycles. The number of aryl methyl sites for hydroxylation is 1. The molecule has 7 heteroatoms. The van der Waals surface area contributed by atoms with Crippen molar-refractivity contribution in [3.05, 3.63) is 81.4 Å². The smallest absolute Gasteiger partial charge is 0.256 e. The number of H-pyrrole nitrogens is 1. The van der Waals surface area contributed by atoms with E-state index in [1.165, 1.54) is 0 Å². The number of pyridine rings is 1. The summed E-state index contributed by atoms with van der Waals surface area (Å²) >= 11 is 6.10. The van der Waals surface area contributed by atoms with Gasteiger partial charge in [-0.25, -0.2) is 0 Å². The minimum Gasteiger partial charge on any atom is -0.358 e. The molecule has 1 aliphatic heterocycles. The zero-order valence-electron chi connectivity index (χ0n) is 16.7. The third-order valence-electron chi connectivity index (χ3n) is 5.15. The van der Waals surface area contributed by atoms with Crippen molar-refractivity contribution >= 4 is 40.8 Å². The van der Waals surface area contributed by atoms with Gasteiger partial charge in [-0.1, -0.05) is 17.7 Å². The number of hydrogen-bond acceptors (Lipinski definition) is 3. The summed E-state index contributed by atoms with van der Waals surface area (Å²) < 4.78 is 0. The number of nitrogens with one attached hydrogen (secondary N) is 3. The first kappa shape index (κ1) is 19.9. The molecule has 152 valence electrons. The van der Waals surface area contributed by atoms with Gasteiger partial charge in [-0.15, -0.1) is 0 Å². The summed E-state index contributed by atoms with van der Waals surface area (Å²) in [6, 6.07) is 11.0. The number of carbonyl (C=O) groups excluding carboxylic acids is 2. The van der Waals surface area contributed by atoms with Crippen molar-refractivity contribution in [2.24, 2.45) is 0 Å². The fourth-order valence-corrected chi connectivity index (χ4v) is 3.82. The monoisotopic (exact) mass is 420 g/mol. The molecule has 1 aromatic carbocycles. The number of amides is 2. The molecule has 0 fully saturated rings. The summed E-state index contributed by atoms with van der Waals surface area (Å²) in [4.78, 5) is 32.7. The molecule has 0 saturated carbocycles. The SMILES string of the molecule is Cc1[nH]c(/C=C2\C(=O)Nc3ccc(Cl)cc32)c(C)c1C(=O)NCCc1ccccn1. The van der Waals surface area contributed by atoms with Gasteiger partial charge >= 0.3 is 0 Å². The second kappa shape index (κ2) is 8.16. The average molecular weight is 421 g/mol. The van der Waals surface area contributed by atoms with Gasteiger partial charge in [-0.05, 0) is 55.8 Å². The molecule has 2 aromatic heterocycles. The number of aromatic amines is 1. The molecule has 30 heavy (non-hydrogen) atoms. The Morgan fingerprint density at radius 3 is 2.83 bits per heavy atom. The van der Waals surface area contributed by atoms with Crippen molar-refractivity contribution in [3.63, 3.8) is 0 Å². The lowest BCUT2D eigenvalue weighted by Gasteiger charge is -2.06. The Balaban J connectivity index is 1.55. The fraction of sp³-hybridized carbons (Fsp3) is 0.174. The first-order chi connectivity index (χ1) is 14.4. The van der Waals surface area contributed by atoms with Gasteiger partial charge in [-0.2, -0.15) is 0 Å². The average Bonchev–Trinajstić information content (AvgIpc) is 3.18. The third kappa shape index (κ3) is 3.86. The second-order valence-corrected chi connectivity index (χ2v) is 7.63. The summed E-state index contributed by atoms with van der Waals surface area (Å²) in [5.74, 6) is -0.346. The molecular formula is C23H21ClN4O2. The van der Waals surface area contributed by atoms with Gasteiger partial charge in [0.25, 0.3) is 11.8 Å². The van der Waals surface area contributed by atoms with Crippen molar-refractivity contribution in [3.8, 4) is 0 Å². The van der Waals surface area contributed by atoms with Gasteiger partial charge < -0.3 is 15.6 Å². The van der Waals surface area contributed by atoms with Gasteiger partial charge in [0.2, 0.25) is 0 Å². The predicted octanol–water partition coefficient (Wildman–Crippen LogP) is 4.15. The number of aromatic nitrogens is 2. The minimum absolute atomic E-state index is 0.152. The molecule has 3 aromatic rings.